The molecule has 2 bridgehead atoms. The molecule has 0 aromatic heterocycles. The molecular formula is C31H45NO6. The normalized spacial score (nSPS) is 37.2. The summed E-state index contributed by atoms with van der Waals surface area (Å²) in [5.74, 6) is 1.78. The zero-order valence-electron chi connectivity index (χ0n) is 23.0. The Kier molecular flexibility index (Phi) is 7.36. The van der Waals surface area contributed by atoms with Crippen molar-refractivity contribution in [3.8, 4) is 0 Å². The highest BCUT2D eigenvalue weighted by atomic mass is 16.7. The summed E-state index contributed by atoms with van der Waals surface area (Å²) in [6.07, 6.45) is 17.0. The quantitative estimate of drug-likeness (QED) is 0.259. The molecule has 6 atom stereocenters. The zero-order chi connectivity index (χ0) is 26.3. The summed E-state index contributed by atoms with van der Waals surface area (Å²) in [7, 11) is 0. The van der Waals surface area contributed by atoms with Gasteiger partial charge in [0.25, 0.3) is 0 Å². The van der Waals surface area contributed by atoms with Crippen molar-refractivity contribution in [2.75, 3.05) is 19.7 Å². The summed E-state index contributed by atoms with van der Waals surface area (Å²) < 4.78 is 17.5. The molecule has 210 valence electrons. The number of carbonyl (C=O) groups excluding carboxylic acids is 2. The van der Waals surface area contributed by atoms with E-state index < -0.39 is 23.3 Å². The van der Waals surface area contributed by atoms with E-state index >= 15 is 0 Å². The fraction of sp³-hybridized carbons (Fsp3) is 0.806. The number of nitrogens with zero attached hydrogens (tertiary/aromatic N) is 1. The topological polar surface area (TPSA) is 85.3 Å². The van der Waals surface area contributed by atoms with Crippen LogP contribution in [-0.4, -0.2) is 59.4 Å². The van der Waals surface area contributed by atoms with Crippen molar-refractivity contribution in [3.63, 3.8) is 0 Å². The van der Waals surface area contributed by atoms with E-state index in [4.69, 9.17) is 14.2 Å². The summed E-state index contributed by atoms with van der Waals surface area (Å²) in [5.41, 5.74) is -1.61. The van der Waals surface area contributed by atoms with Gasteiger partial charge in [0.15, 0.2) is 17.6 Å². The third kappa shape index (κ3) is 4.42. The molecule has 7 nitrogen and oxygen atoms in total. The van der Waals surface area contributed by atoms with Crippen molar-refractivity contribution >= 4 is 11.9 Å². The largest absolute Gasteiger partial charge is 0.513 e. The van der Waals surface area contributed by atoms with Crippen LogP contribution in [0.5, 0.6) is 0 Å². The first kappa shape index (κ1) is 26.4. The molecule has 6 rings (SSSR count). The van der Waals surface area contributed by atoms with Crippen LogP contribution >= 0.6 is 0 Å². The highest BCUT2D eigenvalue weighted by molar-refractivity contribution is 5.87. The van der Waals surface area contributed by atoms with Gasteiger partial charge >= 0.3 is 6.16 Å². The lowest BCUT2D eigenvalue weighted by molar-refractivity contribution is -0.244. The first-order chi connectivity index (χ1) is 18.5. The van der Waals surface area contributed by atoms with E-state index in [1.807, 2.05) is 6.08 Å². The molecule has 1 N–H and O–H groups in total. The fourth-order valence-corrected chi connectivity index (χ4v) is 8.45. The lowest BCUT2D eigenvalue weighted by Gasteiger charge is -2.65. The van der Waals surface area contributed by atoms with Crippen LogP contribution in [0.2, 0.25) is 0 Å². The average molecular weight is 528 g/mol. The molecular weight excluding hydrogens is 482 g/mol. The predicted molar refractivity (Wildman–Crippen MR) is 142 cm³/mol. The molecule has 6 aliphatic rings. The van der Waals surface area contributed by atoms with E-state index in [9.17, 15) is 14.7 Å². The number of ether oxygens (including phenoxy) is 3. The maximum absolute atomic E-state index is 13.2. The van der Waals surface area contributed by atoms with Crippen LogP contribution in [0.1, 0.15) is 96.8 Å². The molecule has 0 aromatic rings. The lowest BCUT2D eigenvalue weighted by atomic mass is 9.44. The van der Waals surface area contributed by atoms with Gasteiger partial charge in [0.2, 0.25) is 0 Å². The van der Waals surface area contributed by atoms with Gasteiger partial charge in [-0.05, 0) is 63.0 Å². The average Bonchev–Trinajstić information content (AvgIpc) is 3.64. The summed E-state index contributed by atoms with van der Waals surface area (Å²) in [4.78, 5) is 28.3. The van der Waals surface area contributed by atoms with Crippen LogP contribution < -0.4 is 0 Å². The molecule has 2 saturated heterocycles. The Morgan fingerprint density at radius 2 is 1.89 bits per heavy atom. The van der Waals surface area contributed by atoms with E-state index in [1.165, 1.54) is 44.9 Å². The Bertz CT molecular complexity index is 987. The third-order valence-electron chi connectivity index (χ3n) is 10.5. The van der Waals surface area contributed by atoms with Crippen LogP contribution in [0.4, 0.5) is 4.79 Å². The second-order valence-corrected chi connectivity index (χ2v) is 12.8. The Morgan fingerprint density at radius 3 is 2.66 bits per heavy atom. The molecule has 3 unspecified atom stereocenters. The van der Waals surface area contributed by atoms with E-state index in [0.29, 0.717) is 31.0 Å². The van der Waals surface area contributed by atoms with Crippen LogP contribution in [0.3, 0.4) is 0 Å². The van der Waals surface area contributed by atoms with Crippen molar-refractivity contribution in [2.24, 2.45) is 23.2 Å². The lowest BCUT2D eigenvalue weighted by Crippen LogP contribution is -2.76. The molecule has 7 heteroatoms. The molecule has 0 amide bonds. The van der Waals surface area contributed by atoms with E-state index in [1.54, 1.807) is 0 Å². The van der Waals surface area contributed by atoms with Crippen molar-refractivity contribution in [1.29, 1.82) is 0 Å². The molecule has 0 aromatic carbocycles. The minimum absolute atomic E-state index is 0.0420. The minimum atomic E-state index is -0.963. The first-order valence-corrected chi connectivity index (χ1v) is 15.4. The number of hydrogen-bond acceptors (Lipinski definition) is 7. The zero-order valence-corrected chi connectivity index (χ0v) is 23.0. The van der Waals surface area contributed by atoms with Crippen molar-refractivity contribution in [2.45, 2.75) is 115 Å². The maximum Gasteiger partial charge on any atom is 0.513 e. The molecule has 4 aliphatic carbocycles. The van der Waals surface area contributed by atoms with Gasteiger partial charge in [-0.25, -0.2) is 4.79 Å². The van der Waals surface area contributed by atoms with E-state index in [-0.39, 0.29) is 23.7 Å². The second-order valence-electron chi connectivity index (χ2n) is 12.8. The number of piperidine rings is 1. The van der Waals surface area contributed by atoms with Gasteiger partial charge in [-0.2, -0.15) is 0 Å². The molecule has 2 heterocycles. The van der Waals surface area contributed by atoms with Crippen molar-refractivity contribution in [3.05, 3.63) is 23.7 Å². The van der Waals surface area contributed by atoms with Gasteiger partial charge in [-0.3, -0.25) is 9.69 Å². The van der Waals surface area contributed by atoms with Crippen LogP contribution in [-0.2, 0) is 19.0 Å². The molecule has 38 heavy (non-hydrogen) atoms. The van der Waals surface area contributed by atoms with Crippen LogP contribution in [0, 0.1) is 23.2 Å². The van der Waals surface area contributed by atoms with E-state index in [2.05, 4.69) is 17.9 Å². The minimum Gasteiger partial charge on any atom is -0.482 e. The van der Waals surface area contributed by atoms with Gasteiger partial charge in [0.1, 0.15) is 5.76 Å². The van der Waals surface area contributed by atoms with Crippen LogP contribution in [0.15, 0.2) is 23.7 Å². The summed E-state index contributed by atoms with van der Waals surface area (Å²) in [6.45, 7) is 4.50. The van der Waals surface area contributed by atoms with Crippen LogP contribution in [0.25, 0.3) is 0 Å². The Hall–Kier alpha value is -1.86. The summed E-state index contributed by atoms with van der Waals surface area (Å²) in [5, 5.41) is 12.4. The summed E-state index contributed by atoms with van der Waals surface area (Å²) >= 11 is 0. The molecule has 2 aliphatic heterocycles. The monoisotopic (exact) mass is 527 g/mol. The number of ketones is 1. The number of rotatable bonds is 12. The molecule has 1 spiro atoms. The number of carbonyl (C=O) groups is 2. The Morgan fingerprint density at radius 1 is 1.13 bits per heavy atom. The van der Waals surface area contributed by atoms with Gasteiger partial charge < -0.3 is 19.3 Å². The Labute approximate surface area is 226 Å². The third-order valence-corrected chi connectivity index (χ3v) is 10.5. The van der Waals surface area contributed by atoms with Gasteiger partial charge in [-0.1, -0.05) is 57.9 Å². The van der Waals surface area contributed by atoms with Gasteiger partial charge in [0, 0.05) is 24.9 Å². The number of Topliss-reactive ketones (excluding diaryl/α,β-unsaturated/α-hetero) is 1. The van der Waals surface area contributed by atoms with Crippen molar-refractivity contribution in [1.82, 2.24) is 4.90 Å². The number of hydrogen-bond donors (Lipinski definition) is 1. The fourth-order valence-electron chi connectivity index (χ4n) is 8.45. The highest BCUT2D eigenvalue weighted by Crippen LogP contribution is 2.69. The SMILES string of the molecule is CCCCCCCCCCOC(=O)OC1=C2O[C@H]3C(=O)CC[C@@]4(O)C5CC(C=C1)C2[C@@]34CCN5CC1CC1. The smallest absolute Gasteiger partial charge is 0.482 e. The molecule has 3 saturated carbocycles. The molecule has 5 fully saturated rings. The number of likely N-dealkylation sites (tertiary alicyclic amines) is 1. The van der Waals surface area contributed by atoms with E-state index in [0.717, 1.165) is 51.1 Å². The van der Waals surface area contributed by atoms with Crippen molar-refractivity contribution < 1.29 is 28.9 Å². The summed E-state index contributed by atoms with van der Waals surface area (Å²) in [6, 6.07) is 0.0420. The standard InChI is InChI=1S/C31H45NO6/c1-2-3-4-5-6-7-8-9-18-36-29(34)37-24-13-12-22-19-25-31(35)15-14-23(33)28-30(31,26(22)27(24)38-28)16-17-32(25)20-21-10-11-21/h12-13,21-22,25-26,28,35H,2-11,14-20H2,1H3/t22?,25?,26?,28-,30-,31+/m0/s1. The Balaban J connectivity index is 1.12. The number of unbranched alkanes of at least 4 members (excludes halogenated alkanes) is 7. The second kappa shape index (κ2) is 10.6. The molecule has 0 radical (unpaired) electrons. The number of allylic oxidation sites excluding steroid dienone is 3. The predicted octanol–water partition coefficient (Wildman–Crippen LogP) is 5.66. The first-order valence-electron chi connectivity index (χ1n) is 15.4. The number of aliphatic hydroxyl groups is 1. The van der Waals surface area contributed by atoms with Gasteiger partial charge in [0.05, 0.1) is 17.6 Å². The maximum atomic E-state index is 13.2. The van der Waals surface area contributed by atoms with Gasteiger partial charge in [-0.15, -0.1) is 0 Å². The highest BCUT2D eigenvalue weighted by Gasteiger charge is 2.77.